The lowest BCUT2D eigenvalue weighted by Gasteiger charge is -2.18. The minimum atomic E-state index is -0.445. The molecular formula is C16H20N2O3. The summed E-state index contributed by atoms with van der Waals surface area (Å²) in [4.78, 5) is 15.2. The molecule has 5 nitrogen and oxygen atoms in total. The van der Waals surface area contributed by atoms with E-state index in [-0.39, 0.29) is 6.61 Å². The molecule has 2 rings (SSSR count). The number of nitrogens with zero attached hydrogens (tertiary/aromatic N) is 2. The predicted octanol–water partition coefficient (Wildman–Crippen LogP) is 2.88. The highest BCUT2D eigenvalue weighted by Gasteiger charge is 2.31. The molecule has 1 saturated heterocycles. The smallest absolute Gasteiger partial charge is 0.414 e. The fourth-order valence-corrected chi connectivity index (χ4v) is 2.18. The number of ether oxygens (including phenoxy) is 1. The van der Waals surface area contributed by atoms with Crippen LogP contribution in [0.2, 0.25) is 0 Å². The van der Waals surface area contributed by atoms with Gasteiger partial charge in [-0.3, -0.25) is 4.90 Å². The van der Waals surface area contributed by atoms with E-state index >= 15 is 0 Å². The molecule has 1 fully saturated rings. The molecule has 1 amide bonds. The van der Waals surface area contributed by atoms with E-state index in [1.807, 2.05) is 67.6 Å². The van der Waals surface area contributed by atoms with Crippen LogP contribution in [0.3, 0.4) is 0 Å². The van der Waals surface area contributed by atoms with E-state index in [0.717, 1.165) is 11.4 Å². The van der Waals surface area contributed by atoms with Crippen LogP contribution in [0, 0.1) is 0 Å². The molecule has 0 bridgehead atoms. The molecule has 1 aromatic rings. The molecule has 1 N–H and O–H groups in total. The summed E-state index contributed by atoms with van der Waals surface area (Å²) in [5.41, 5.74) is 1.77. The minimum Gasteiger partial charge on any atom is -0.441 e. The maximum Gasteiger partial charge on any atom is 0.414 e. The molecule has 0 spiro atoms. The van der Waals surface area contributed by atoms with Gasteiger partial charge in [0.05, 0.1) is 13.2 Å². The van der Waals surface area contributed by atoms with Crippen LogP contribution in [-0.4, -0.2) is 30.5 Å². The van der Waals surface area contributed by atoms with Crippen LogP contribution in [0.15, 0.2) is 48.8 Å². The van der Waals surface area contributed by atoms with Crippen LogP contribution in [-0.2, 0) is 4.74 Å². The first kappa shape index (κ1) is 15.1. The van der Waals surface area contributed by atoms with Crippen molar-refractivity contribution in [3.63, 3.8) is 0 Å². The Bertz CT molecular complexity index is 525. The predicted molar refractivity (Wildman–Crippen MR) is 83.2 cm³/mol. The number of aliphatic hydroxyl groups is 1. The highest BCUT2D eigenvalue weighted by molar-refractivity contribution is 5.90. The van der Waals surface area contributed by atoms with Crippen LogP contribution in [0.25, 0.3) is 0 Å². The lowest BCUT2D eigenvalue weighted by molar-refractivity contribution is 0.0963. The quantitative estimate of drug-likeness (QED) is 0.905. The maximum absolute atomic E-state index is 11.7. The number of rotatable bonds is 5. The van der Waals surface area contributed by atoms with Crippen LogP contribution in [0.5, 0.6) is 0 Å². The molecule has 1 heterocycles. The Morgan fingerprint density at radius 3 is 2.38 bits per heavy atom. The highest BCUT2D eigenvalue weighted by Crippen LogP contribution is 2.25. The van der Waals surface area contributed by atoms with Gasteiger partial charge in [0.2, 0.25) is 0 Å². The lowest BCUT2D eigenvalue weighted by atomic mass is 10.2. The Balaban J connectivity index is 2.17. The summed E-state index contributed by atoms with van der Waals surface area (Å²) < 4.78 is 5.04. The largest absolute Gasteiger partial charge is 0.441 e. The van der Waals surface area contributed by atoms with Crippen LogP contribution in [0.4, 0.5) is 16.2 Å². The maximum atomic E-state index is 11.7. The highest BCUT2D eigenvalue weighted by atomic mass is 16.6. The van der Waals surface area contributed by atoms with E-state index < -0.39 is 12.2 Å². The number of hydrogen-bond acceptors (Lipinski definition) is 4. The number of anilines is 2. The summed E-state index contributed by atoms with van der Waals surface area (Å²) in [6, 6.07) is 7.62. The average molecular weight is 288 g/mol. The van der Waals surface area contributed by atoms with E-state index in [1.165, 1.54) is 4.90 Å². The van der Waals surface area contributed by atoms with E-state index in [1.54, 1.807) is 0 Å². The van der Waals surface area contributed by atoms with Crippen molar-refractivity contribution in [1.82, 2.24) is 0 Å². The second-order valence-electron chi connectivity index (χ2n) is 4.69. The standard InChI is InChI=1S/C16H20N2O3/c1-3-9-17(10-4-2)13-5-7-14(8-6-13)18-11-15(12-19)21-16(18)20/h3-10,15,19H,11-12H2,1-2H3/b9-3-,10-4-. The van der Waals surface area contributed by atoms with Gasteiger partial charge >= 0.3 is 6.09 Å². The average Bonchev–Trinajstić information content (AvgIpc) is 2.88. The van der Waals surface area contributed by atoms with Gasteiger partial charge in [-0.2, -0.15) is 0 Å². The molecule has 0 radical (unpaired) electrons. The number of cyclic esters (lactones) is 1. The summed E-state index contributed by atoms with van der Waals surface area (Å²) in [6.45, 7) is 4.14. The van der Waals surface area contributed by atoms with Gasteiger partial charge < -0.3 is 14.7 Å². The van der Waals surface area contributed by atoms with Crippen molar-refractivity contribution >= 4 is 17.5 Å². The zero-order valence-corrected chi connectivity index (χ0v) is 12.3. The number of carbonyl (C=O) groups is 1. The zero-order valence-electron chi connectivity index (χ0n) is 12.3. The van der Waals surface area contributed by atoms with Gasteiger partial charge in [-0.1, -0.05) is 12.2 Å². The Hall–Kier alpha value is -2.27. The molecule has 1 aromatic carbocycles. The van der Waals surface area contributed by atoms with Gasteiger partial charge in [0.15, 0.2) is 0 Å². The Kier molecular flexibility index (Phi) is 5.00. The zero-order chi connectivity index (χ0) is 15.2. The first-order valence-electron chi connectivity index (χ1n) is 6.92. The first-order chi connectivity index (χ1) is 10.2. The van der Waals surface area contributed by atoms with Gasteiger partial charge in [0, 0.05) is 23.8 Å². The number of hydrogen-bond donors (Lipinski definition) is 1. The Morgan fingerprint density at radius 1 is 1.29 bits per heavy atom. The summed E-state index contributed by atoms with van der Waals surface area (Å²) in [5.74, 6) is 0. The molecule has 112 valence electrons. The monoisotopic (exact) mass is 288 g/mol. The molecular weight excluding hydrogens is 268 g/mol. The third-order valence-corrected chi connectivity index (χ3v) is 3.16. The fourth-order valence-electron chi connectivity index (χ4n) is 2.18. The van der Waals surface area contributed by atoms with Crippen LogP contribution in [0.1, 0.15) is 13.8 Å². The number of allylic oxidation sites excluding steroid dienone is 2. The summed E-state index contributed by atoms with van der Waals surface area (Å²) in [7, 11) is 0. The van der Waals surface area contributed by atoms with Crippen LogP contribution >= 0.6 is 0 Å². The third-order valence-electron chi connectivity index (χ3n) is 3.16. The van der Waals surface area contributed by atoms with Gasteiger partial charge in [-0.05, 0) is 38.1 Å². The van der Waals surface area contributed by atoms with E-state index in [4.69, 9.17) is 9.84 Å². The van der Waals surface area contributed by atoms with Crippen LogP contribution < -0.4 is 9.80 Å². The first-order valence-corrected chi connectivity index (χ1v) is 6.92. The number of carbonyl (C=O) groups excluding carboxylic acids is 1. The second-order valence-corrected chi connectivity index (χ2v) is 4.69. The molecule has 1 atom stereocenters. The molecule has 0 saturated carbocycles. The lowest BCUT2D eigenvalue weighted by Crippen LogP contribution is -2.25. The molecule has 1 aliphatic heterocycles. The Labute approximate surface area is 124 Å². The third kappa shape index (κ3) is 3.44. The number of aliphatic hydroxyl groups excluding tert-OH is 1. The van der Waals surface area contributed by atoms with Crippen molar-refractivity contribution < 1.29 is 14.6 Å². The molecule has 21 heavy (non-hydrogen) atoms. The van der Waals surface area contributed by atoms with Gasteiger partial charge in [0.1, 0.15) is 6.10 Å². The van der Waals surface area contributed by atoms with Crippen molar-refractivity contribution in [2.24, 2.45) is 0 Å². The van der Waals surface area contributed by atoms with Gasteiger partial charge in [0.25, 0.3) is 0 Å². The molecule has 5 heteroatoms. The Morgan fingerprint density at radius 2 is 1.90 bits per heavy atom. The van der Waals surface area contributed by atoms with Crippen molar-refractivity contribution in [2.45, 2.75) is 20.0 Å². The van der Waals surface area contributed by atoms with Gasteiger partial charge in [-0.25, -0.2) is 4.79 Å². The van der Waals surface area contributed by atoms with Crippen molar-refractivity contribution in [3.8, 4) is 0 Å². The van der Waals surface area contributed by atoms with E-state index in [2.05, 4.69) is 0 Å². The normalized spacial score (nSPS) is 18.7. The van der Waals surface area contributed by atoms with Gasteiger partial charge in [-0.15, -0.1) is 0 Å². The van der Waals surface area contributed by atoms with Crippen molar-refractivity contribution in [2.75, 3.05) is 23.0 Å². The number of benzene rings is 1. The molecule has 0 aliphatic carbocycles. The van der Waals surface area contributed by atoms with E-state index in [9.17, 15) is 4.79 Å². The minimum absolute atomic E-state index is 0.156. The molecule has 1 aliphatic rings. The molecule has 0 aromatic heterocycles. The van der Waals surface area contributed by atoms with E-state index in [0.29, 0.717) is 6.54 Å². The summed E-state index contributed by atoms with van der Waals surface area (Å²) in [6.07, 6.45) is 6.97. The van der Waals surface area contributed by atoms with Crippen molar-refractivity contribution in [1.29, 1.82) is 0 Å². The second kappa shape index (κ2) is 6.95. The number of amides is 1. The van der Waals surface area contributed by atoms with Crippen molar-refractivity contribution in [3.05, 3.63) is 48.8 Å². The topological polar surface area (TPSA) is 53.0 Å². The summed E-state index contributed by atoms with van der Waals surface area (Å²) >= 11 is 0. The molecule has 1 unspecified atom stereocenters. The summed E-state index contributed by atoms with van der Waals surface area (Å²) in [5, 5.41) is 9.06. The SMILES string of the molecule is C/C=C\N(/C=C\C)c1ccc(N2CC(CO)OC2=O)cc1. The fraction of sp³-hybridized carbons (Fsp3) is 0.312.